The van der Waals surface area contributed by atoms with Crippen LogP contribution in [0, 0.1) is 0 Å². The minimum atomic E-state index is -0.835. The standard InChI is InChI=1S/C26H32O4S/c1-31-26-25(28)22(27)15-24(30-26)19-8-9-21(17-6-7-17)20(14-19)13-16-5-10-23-18(12-16)4-2-3-11-29-23/h5,8-10,12,14,17,22,24-28H,2-4,6-7,11,13,15H2,1H3/t22-,24-,25+,26-/m1/s1. The number of aryl methyl sites for hydroxylation is 1. The molecule has 0 bridgehead atoms. The first-order valence-corrected chi connectivity index (χ1v) is 12.8. The van der Waals surface area contributed by atoms with Gasteiger partial charge in [-0.05, 0) is 84.6 Å². The summed E-state index contributed by atoms with van der Waals surface area (Å²) in [6.07, 6.45) is 7.38. The number of fused-ring (bicyclic) bond motifs is 1. The molecule has 31 heavy (non-hydrogen) atoms. The molecule has 4 nitrogen and oxygen atoms in total. The molecule has 0 unspecified atom stereocenters. The van der Waals surface area contributed by atoms with Gasteiger partial charge in [-0.1, -0.05) is 30.3 Å². The number of benzene rings is 2. The second-order valence-electron chi connectivity index (χ2n) is 9.18. The molecule has 2 aromatic carbocycles. The van der Waals surface area contributed by atoms with Gasteiger partial charge in [0.25, 0.3) is 0 Å². The maximum atomic E-state index is 10.3. The van der Waals surface area contributed by atoms with Crippen molar-refractivity contribution in [1.82, 2.24) is 0 Å². The van der Waals surface area contributed by atoms with Crippen LogP contribution in [-0.2, 0) is 17.6 Å². The van der Waals surface area contributed by atoms with Gasteiger partial charge in [0, 0.05) is 6.42 Å². The number of hydrogen-bond acceptors (Lipinski definition) is 5. The molecule has 0 radical (unpaired) electrons. The van der Waals surface area contributed by atoms with Gasteiger partial charge in [-0.2, -0.15) is 0 Å². The molecule has 1 aliphatic carbocycles. The van der Waals surface area contributed by atoms with Crippen molar-refractivity contribution in [3.8, 4) is 5.75 Å². The summed E-state index contributed by atoms with van der Waals surface area (Å²) in [5.41, 5.74) is 6.17. The third kappa shape index (κ3) is 4.65. The fourth-order valence-corrected chi connectivity index (χ4v) is 5.62. The largest absolute Gasteiger partial charge is 0.493 e. The predicted molar refractivity (Wildman–Crippen MR) is 124 cm³/mol. The lowest BCUT2D eigenvalue weighted by Crippen LogP contribution is -2.43. The highest BCUT2D eigenvalue weighted by Crippen LogP contribution is 2.44. The number of ether oxygens (including phenoxy) is 2. The minimum absolute atomic E-state index is 0.191. The van der Waals surface area contributed by atoms with Crippen LogP contribution in [-0.4, -0.2) is 40.7 Å². The minimum Gasteiger partial charge on any atom is -0.493 e. The summed E-state index contributed by atoms with van der Waals surface area (Å²) >= 11 is 1.45. The number of aliphatic hydroxyl groups is 2. The van der Waals surface area contributed by atoms with E-state index in [0.29, 0.717) is 12.3 Å². The van der Waals surface area contributed by atoms with E-state index >= 15 is 0 Å². The molecule has 5 heteroatoms. The van der Waals surface area contributed by atoms with Gasteiger partial charge in [-0.15, -0.1) is 11.8 Å². The normalized spacial score (nSPS) is 28.5. The Kier molecular flexibility index (Phi) is 6.29. The quantitative estimate of drug-likeness (QED) is 0.703. The predicted octanol–water partition coefficient (Wildman–Crippen LogP) is 4.74. The second kappa shape index (κ2) is 9.14. The Balaban J connectivity index is 1.42. The van der Waals surface area contributed by atoms with Gasteiger partial charge in [-0.25, -0.2) is 0 Å². The number of thioether (sulfide) groups is 1. The van der Waals surface area contributed by atoms with Gasteiger partial charge in [0.15, 0.2) is 0 Å². The number of aliphatic hydroxyl groups excluding tert-OH is 2. The molecule has 4 atom stereocenters. The van der Waals surface area contributed by atoms with Crippen LogP contribution in [0.1, 0.15) is 71.9 Å². The fourth-order valence-electron chi connectivity index (χ4n) is 4.92. The molecule has 5 rings (SSSR count). The molecule has 0 spiro atoms. The van der Waals surface area contributed by atoms with Crippen molar-refractivity contribution in [3.05, 3.63) is 64.2 Å². The smallest absolute Gasteiger partial charge is 0.132 e. The van der Waals surface area contributed by atoms with E-state index in [4.69, 9.17) is 9.47 Å². The molecular formula is C26H32O4S. The van der Waals surface area contributed by atoms with Crippen LogP contribution in [0.25, 0.3) is 0 Å². The molecule has 1 saturated carbocycles. The monoisotopic (exact) mass is 440 g/mol. The Hall–Kier alpha value is -1.53. The van der Waals surface area contributed by atoms with Gasteiger partial charge >= 0.3 is 0 Å². The van der Waals surface area contributed by atoms with E-state index in [2.05, 4.69) is 36.4 Å². The maximum absolute atomic E-state index is 10.3. The summed E-state index contributed by atoms with van der Waals surface area (Å²) in [6.45, 7) is 0.819. The average Bonchev–Trinajstić information content (AvgIpc) is 3.63. The first-order valence-electron chi connectivity index (χ1n) is 11.5. The van der Waals surface area contributed by atoms with Crippen LogP contribution in [0.3, 0.4) is 0 Å². The zero-order valence-corrected chi connectivity index (χ0v) is 18.9. The van der Waals surface area contributed by atoms with Crippen molar-refractivity contribution in [2.24, 2.45) is 0 Å². The van der Waals surface area contributed by atoms with E-state index < -0.39 is 17.6 Å². The van der Waals surface area contributed by atoms with Gasteiger partial charge in [0.2, 0.25) is 0 Å². The summed E-state index contributed by atoms with van der Waals surface area (Å²) in [5.74, 6) is 1.72. The zero-order valence-electron chi connectivity index (χ0n) is 18.1. The van der Waals surface area contributed by atoms with Crippen LogP contribution in [0.15, 0.2) is 36.4 Å². The molecule has 2 fully saturated rings. The fraction of sp³-hybridized carbons (Fsp3) is 0.538. The first kappa shape index (κ1) is 21.3. The van der Waals surface area contributed by atoms with Crippen molar-refractivity contribution < 1.29 is 19.7 Å². The van der Waals surface area contributed by atoms with Crippen LogP contribution in [0.2, 0.25) is 0 Å². The van der Waals surface area contributed by atoms with Crippen molar-refractivity contribution in [2.75, 3.05) is 12.9 Å². The Labute approximate surface area is 189 Å². The van der Waals surface area contributed by atoms with Crippen molar-refractivity contribution in [1.29, 1.82) is 0 Å². The highest BCUT2D eigenvalue weighted by atomic mass is 32.2. The second-order valence-corrected chi connectivity index (χ2v) is 10.1. The number of rotatable bonds is 5. The molecule has 3 aliphatic rings. The summed E-state index contributed by atoms with van der Waals surface area (Å²) in [5, 5.41) is 20.5. The molecule has 2 N–H and O–H groups in total. The zero-order chi connectivity index (χ0) is 21.4. The first-order chi connectivity index (χ1) is 15.1. The van der Waals surface area contributed by atoms with E-state index in [0.717, 1.165) is 37.2 Å². The van der Waals surface area contributed by atoms with Gasteiger partial charge in [0.1, 0.15) is 17.3 Å². The third-order valence-corrected chi connectivity index (χ3v) is 7.69. The Morgan fingerprint density at radius 3 is 2.74 bits per heavy atom. The van der Waals surface area contributed by atoms with E-state index in [9.17, 15) is 10.2 Å². The lowest BCUT2D eigenvalue weighted by molar-refractivity contribution is -0.137. The Morgan fingerprint density at radius 2 is 1.94 bits per heavy atom. The Morgan fingerprint density at radius 1 is 1.06 bits per heavy atom. The maximum Gasteiger partial charge on any atom is 0.132 e. The summed E-state index contributed by atoms with van der Waals surface area (Å²) < 4.78 is 12.1. The summed E-state index contributed by atoms with van der Waals surface area (Å²) in [6, 6.07) is 13.4. The van der Waals surface area contributed by atoms with E-state index in [1.165, 1.54) is 53.3 Å². The SMILES string of the molecule is CS[C@H]1O[C@@H](c2ccc(C3CC3)c(Cc3ccc4c(c3)CCCCO4)c2)C[C@@H](O)[C@@H]1O. The lowest BCUT2D eigenvalue weighted by Gasteiger charge is -2.36. The molecule has 166 valence electrons. The van der Waals surface area contributed by atoms with Crippen LogP contribution in [0.5, 0.6) is 5.75 Å². The molecule has 0 amide bonds. The van der Waals surface area contributed by atoms with Crippen LogP contribution >= 0.6 is 11.8 Å². The highest BCUT2D eigenvalue weighted by molar-refractivity contribution is 7.99. The van der Waals surface area contributed by atoms with E-state index in [-0.39, 0.29) is 6.10 Å². The molecule has 2 aromatic rings. The topological polar surface area (TPSA) is 58.9 Å². The van der Waals surface area contributed by atoms with E-state index in [1.807, 2.05) is 6.26 Å². The van der Waals surface area contributed by atoms with E-state index in [1.54, 1.807) is 0 Å². The van der Waals surface area contributed by atoms with Gasteiger partial charge < -0.3 is 19.7 Å². The Bertz CT molecular complexity index is 926. The molecule has 2 aliphatic heterocycles. The van der Waals surface area contributed by atoms with Crippen LogP contribution in [0.4, 0.5) is 0 Å². The average molecular weight is 441 g/mol. The lowest BCUT2D eigenvalue weighted by atomic mass is 9.90. The van der Waals surface area contributed by atoms with Gasteiger partial charge in [-0.3, -0.25) is 0 Å². The van der Waals surface area contributed by atoms with Gasteiger partial charge in [0.05, 0.1) is 18.8 Å². The van der Waals surface area contributed by atoms with Crippen molar-refractivity contribution in [2.45, 2.75) is 74.6 Å². The molecular weight excluding hydrogens is 408 g/mol. The molecule has 2 heterocycles. The van der Waals surface area contributed by atoms with Crippen molar-refractivity contribution >= 4 is 11.8 Å². The summed E-state index contributed by atoms with van der Waals surface area (Å²) in [7, 11) is 0. The van der Waals surface area contributed by atoms with Crippen LogP contribution < -0.4 is 4.74 Å². The van der Waals surface area contributed by atoms with Crippen molar-refractivity contribution in [3.63, 3.8) is 0 Å². The molecule has 1 saturated heterocycles. The highest BCUT2D eigenvalue weighted by Gasteiger charge is 2.37. The third-order valence-electron chi connectivity index (χ3n) is 6.83. The molecule has 0 aromatic heterocycles. The number of hydrogen-bond donors (Lipinski definition) is 2. The summed E-state index contributed by atoms with van der Waals surface area (Å²) in [4.78, 5) is 0.